The first kappa shape index (κ1) is 22.7. The SMILES string of the molecule is CSc1ccc(CNC(=O)[C@@H]2CCCN(c3nccn4nc(-c5cccc(Cl)c5)cc34)C2)cc1. The Morgan fingerprint density at radius 3 is 2.85 bits per heavy atom. The Morgan fingerprint density at radius 2 is 2.06 bits per heavy atom. The molecule has 0 saturated carbocycles. The molecule has 174 valence electrons. The monoisotopic (exact) mass is 491 g/mol. The molecule has 2 aromatic heterocycles. The van der Waals surface area contributed by atoms with Crippen molar-refractivity contribution >= 4 is 40.6 Å². The van der Waals surface area contributed by atoms with E-state index in [0.29, 0.717) is 18.1 Å². The second kappa shape index (κ2) is 10.1. The quantitative estimate of drug-likeness (QED) is 0.370. The molecule has 2 aromatic carbocycles. The smallest absolute Gasteiger partial charge is 0.225 e. The van der Waals surface area contributed by atoms with Crippen LogP contribution in [-0.4, -0.2) is 39.9 Å². The van der Waals surface area contributed by atoms with Crippen LogP contribution in [0.5, 0.6) is 0 Å². The number of aromatic nitrogens is 3. The first-order chi connectivity index (χ1) is 16.6. The van der Waals surface area contributed by atoms with Gasteiger partial charge in [0, 0.05) is 47.5 Å². The molecule has 1 N–H and O–H groups in total. The zero-order chi connectivity index (χ0) is 23.5. The summed E-state index contributed by atoms with van der Waals surface area (Å²) in [6.07, 6.45) is 7.49. The molecule has 0 bridgehead atoms. The molecule has 4 aromatic rings. The summed E-state index contributed by atoms with van der Waals surface area (Å²) in [5, 5.41) is 8.52. The maximum atomic E-state index is 13.0. The number of nitrogens with zero attached hydrogens (tertiary/aromatic N) is 4. The normalized spacial score (nSPS) is 16.1. The van der Waals surface area contributed by atoms with Gasteiger partial charge in [-0.25, -0.2) is 9.50 Å². The van der Waals surface area contributed by atoms with Gasteiger partial charge >= 0.3 is 0 Å². The molecule has 0 aliphatic carbocycles. The van der Waals surface area contributed by atoms with Crippen LogP contribution in [0.2, 0.25) is 5.02 Å². The molecule has 8 heteroatoms. The van der Waals surface area contributed by atoms with Crippen molar-refractivity contribution in [3.05, 3.63) is 77.6 Å². The highest BCUT2D eigenvalue weighted by molar-refractivity contribution is 7.98. The predicted octanol–water partition coefficient (Wildman–Crippen LogP) is 5.30. The molecule has 1 aliphatic rings. The summed E-state index contributed by atoms with van der Waals surface area (Å²) in [7, 11) is 0. The van der Waals surface area contributed by atoms with Gasteiger partial charge in [-0.2, -0.15) is 5.10 Å². The minimum absolute atomic E-state index is 0.0726. The lowest BCUT2D eigenvalue weighted by Crippen LogP contribution is -2.43. The van der Waals surface area contributed by atoms with E-state index < -0.39 is 0 Å². The molecule has 3 heterocycles. The number of carbonyl (C=O) groups is 1. The van der Waals surface area contributed by atoms with Crippen LogP contribution in [0.25, 0.3) is 16.8 Å². The lowest BCUT2D eigenvalue weighted by Gasteiger charge is -2.33. The maximum absolute atomic E-state index is 13.0. The van der Waals surface area contributed by atoms with E-state index >= 15 is 0 Å². The number of piperidine rings is 1. The number of nitrogens with one attached hydrogen (secondary N) is 1. The minimum Gasteiger partial charge on any atom is -0.354 e. The molecule has 0 unspecified atom stereocenters. The summed E-state index contributed by atoms with van der Waals surface area (Å²) in [6, 6.07) is 18.0. The maximum Gasteiger partial charge on any atom is 0.225 e. The second-order valence-corrected chi connectivity index (χ2v) is 9.79. The summed E-state index contributed by atoms with van der Waals surface area (Å²) in [5.74, 6) is 0.878. The summed E-state index contributed by atoms with van der Waals surface area (Å²) in [4.78, 5) is 21.1. The minimum atomic E-state index is -0.0726. The average Bonchev–Trinajstić information content (AvgIpc) is 3.32. The third kappa shape index (κ3) is 4.91. The summed E-state index contributed by atoms with van der Waals surface area (Å²) >= 11 is 7.89. The van der Waals surface area contributed by atoms with Crippen molar-refractivity contribution in [2.24, 2.45) is 5.92 Å². The number of hydrogen-bond acceptors (Lipinski definition) is 5. The van der Waals surface area contributed by atoms with Gasteiger partial charge in [0.05, 0.1) is 11.6 Å². The zero-order valence-corrected chi connectivity index (χ0v) is 20.5. The Morgan fingerprint density at radius 1 is 1.21 bits per heavy atom. The zero-order valence-electron chi connectivity index (χ0n) is 18.9. The fourth-order valence-electron chi connectivity index (χ4n) is 4.40. The van der Waals surface area contributed by atoms with Gasteiger partial charge in [0.1, 0.15) is 5.52 Å². The Labute approximate surface area is 208 Å². The number of carbonyl (C=O) groups excluding carboxylic acids is 1. The van der Waals surface area contributed by atoms with Crippen LogP contribution >= 0.6 is 23.4 Å². The van der Waals surface area contributed by atoms with Crippen molar-refractivity contribution in [1.82, 2.24) is 19.9 Å². The number of amides is 1. The Hall–Kier alpha value is -3.03. The first-order valence-corrected chi connectivity index (χ1v) is 13.0. The average molecular weight is 492 g/mol. The van der Waals surface area contributed by atoms with Crippen LogP contribution in [-0.2, 0) is 11.3 Å². The summed E-state index contributed by atoms with van der Waals surface area (Å²) < 4.78 is 1.85. The topological polar surface area (TPSA) is 62.5 Å². The largest absolute Gasteiger partial charge is 0.354 e. The number of halogens is 1. The van der Waals surface area contributed by atoms with Crippen molar-refractivity contribution in [3.63, 3.8) is 0 Å². The van der Waals surface area contributed by atoms with Gasteiger partial charge in [-0.15, -0.1) is 11.8 Å². The molecule has 1 aliphatic heterocycles. The third-order valence-corrected chi connectivity index (χ3v) is 7.19. The molecule has 6 nitrogen and oxygen atoms in total. The van der Waals surface area contributed by atoms with Crippen molar-refractivity contribution in [3.8, 4) is 11.3 Å². The Bertz CT molecular complexity index is 1310. The van der Waals surface area contributed by atoms with Crippen LogP contribution in [0.4, 0.5) is 5.82 Å². The number of rotatable bonds is 6. The van der Waals surface area contributed by atoms with Crippen LogP contribution in [0, 0.1) is 5.92 Å². The second-order valence-electron chi connectivity index (χ2n) is 8.47. The molecule has 1 amide bonds. The van der Waals surface area contributed by atoms with E-state index in [1.807, 2.05) is 41.0 Å². The predicted molar refractivity (Wildman–Crippen MR) is 138 cm³/mol. The van der Waals surface area contributed by atoms with Crippen molar-refractivity contribution in [2.45, 2.75) is 24.3 Å². The van der Waals surface area contributed by atoms with Gasteiger partial charge < -0.3 is 10.2 Å². The van der Waals surface area contributed by atoms with Crippen molar-refractivity contribution < 1.29 is 4.79 Å². The van der Waals surface area contributed by atoms with Crippen molar-refractivity contribution in [2.75, 3.05) is 24.2 Å². The number of fused-ring (bicyclic) bond motifs is 1. The van der Waals surface area contributed by atoms with E-state index in [-0.39, 0.29) is 11.8 Å². The number of anilines is 1. The lowest BCUT2D eigenvalue weighted by molar-refractivity contribution is -0.125. The molecule has 34 heavy (non-hydrogen) atoms. The highest BCUT2D eigenvalue weighted by Gasteiger charge is 2.27. The van der Waals surface area contributed by atoms with Crippen LogP contribution in [0.1, 0.15) is 18.4 Å². The fourth-order valence-corrected chi connectivity index (χ4v) is 5.00. The summed E-state index contributed by atoms with van der Waals surface area (Å²) in [5.41, 5.74) is 3.84. The van der Waals surface area contributed by atoms with Gasteiger partial charge in [0.25, 0.3) is 0 Å². The number of hydrogen-bond donors (Lipinski definition) is 1. The van der Waals surface area contributed by atoms with Crippen molar-refractivity contribution in [1.29, 1.82) is 0 Å². The van der Waals surface area contributed by atoms with Gasteiger partial charge in [-0.05, 0) is 55.0 Å². The van der Waals surface area contributed by atoms with Gasteiger partial charge in [0.2, 0.25) is 5.91 Å². The molecule has 0 radical (unpaired) electrons. The molecular weight excluding hydrogens is 466 g/mol. The number of benzene rings is 2. The molecular formula is C26H26ClN5OS. The molecule has 0 spiro atoms. The van der Waals surface area contributed by atoms with Gasteiger partial charge in [-0.1, -0.05) is 35.9 Å². The van der Waals surface area contributed by atoms with Crippen LogP contribution in [0.3, 0.4) is 0 Å². The molecule has 5 rings (SSSR count). The molecule has 1 atom stereocenters. The molecule has 1 fully saturated rings. The van der Waals surface area contributed by atoms with E-state index in [4.69, 9.17) is 16.7 Å². The summed E-state index contributed by atoms with van der Waals surface area (Å²) in [6.45, 7) is 2.05. The Kier molecular flexibility index (Phi) is 6.74. The van der Waals surface area contributed by atoms with Gasteiger partial charge in [0.15, 0.2) is 5.82 Å². The van der Waals surface area contributed by atoms with E-state index in [2.05, 4.69) is 45.7 Å². The first-order valence-electron chi connectivity index (χ1n) is 11.4. The number of thioether (sulfide) groups is 1. The fraction of sp³-hybridized carbons (Fsp3) is 0.269. The van der Waals surface area contributed by atoms with Crippen LogP contribution < -0.4 is 10.2 Å². The van der Waals surface area contributed by atoms with E-state index in [9.17, 15) is 4.79 Å². The lowest BCUT2D eigenvalue weighted by atomic mass is 9.97. The third-order valence-electron chi connectivity index (χ3n) is 6.21. The highest BCUT2D eigenvalue weighted by Crippen LogP contribution is 2.29. The molecule has 1 saturated heterocycles. The highest BCUT2D eigenvalue weighted by atomic mass is 35.5. The van der Waals surface area contributed by atoms with Gasteiger partial charge in [-0.3, -0.25) is 4.79 Å². The van der Waals surface area contributed by atoms with E-state index in [1.165, 1.54) is 4.90 Å². The van der Waals surface area contributed by atoms with E-state index in [1.54, 1.807) is 18.0 Å². The Balaban J connectivity index is 1.31. The van der Waals surface area contributed by atoms with E-state index in [0.717, 1.165) is 47.5 Å². The standard InChI is InChI=1S/C26H26ClN5OS/c1-34-22-9-7-18(8-10-22)16-29-26(33)20-5-3-12-31(17-20)25-24-15-23(30-32(24)13-11-28-25)19-4-2-6-21(27)14-19/h2,4,6-11,13-15,20H,3,5,12,16-17H2,1H3,(H,29,33)/t20-/m1/s1. The van der Waals surface area contributed by atoms with Crippen LogP contribution in [0.15, 0.2) is 71.9 Å².